The summed E-state index contributed by atoms with van der Waals surface area (Å²) in [6.45, 7) is 50.6. The smallest absolute Gasteiger partial charge is 0.324 e. The van der Waals surface area contributed by atoms with Crippen LogP contribution in [0.2, 0.25) is 27.3 Å². The Hall–Kier alpha value is -8.98. The number of hydrogen-bond acceptors (Lipinski definition) is 8. The summed E-state index contributed by atoms with van der Waals surface area (Å²) in [4.78, 5) is 14.1. The molecule has 0 bridgehead atoms. The first-order chi connectivity index (χ1) is 44.9. The minimum absolute atomic E-state index is 0.272. The molecule has 0 unspecified atom stereocenters. The van der Waals surface area contributed by atoms with Gasteiger partial charge in [-0.05, 0) is 273 Å². The summed E-state index contributed by atoms with van der Waals surface area (Å²) in [7, 11) is 0. The highest BCUT2D eigenvalue weighted by Crippen LogP contribution is 2.38. The maximum atomic E-state index is 8.10. The average Bonchev–Trinajstić information content (AvgIpc) is 1.62. The Balaban J connectivity index is 0.000000150. The third-order valence-corrected chi connectivity index (χ3v) is 15.9. The van der Waals surface area contributed by atoms with Gasteiger partial charge < -0.3 is 37.6 Å². The van der Waals surface area contributed by atoms with E-state index in [2.05, 4.69) is 19.4 Å². The van der Waals surface area contributed by atoms with Gasteiger partial charge in [-0.2, -0.15) is 0 Å². The first kappa shape index (κ1) is 53.3. The molecular formula is C72H72B4N4O8. The molecule has 88 heavy (non-hydrogen) atoms. The molecule has 8 aromatic carbocycles. The number of fused-ring (bicyclic) bond motifs is 4. The van der Waals surface area contributed by atoms with Crippen LogP contribution >= 0.6 is 0 Å². The fraction of sp³-hybridized carbons (Fsp3) is 0.278. The number of ether oxygens (including phenoxy) is 4. The van der Waals surface area contributed by atoms with Crippen molar-refractivity contribution in [2.75, 3.05) is 0 Å². The number of hydrogen-bond donors (Lipinski definition) is 0. The number of rotatable bonds is 8. The molecule has 0 atom stereocenters. The summed E-state index contributed by atoms with van der Waals surface area (Å²) in [6, 6.07) is 29.3. The van der Waals surface area contributed by atoms with Gasteiger partial charge in [0, 0.05) is 0 Å². The minimum Gasteiger partial charge on any atom is -0.457 e. The highest BCUT2D eigenvalue weighted by Gasteiger charge is 2.30. The van der Waals surface area contributed by atoms with Crippen LogP contribution in [-0.2, 0) is 44.9 Å². The summed E-state index contributed by atoms with van der Waals surface area (Å²) in [6.07, 6.45) is 0. The molecule has 0 aliphatic carbocycles. The summed E-state index contributed by atoms with van der Waals surface area (Å²) in [5.41, 5.74) is 18.5. The molecule has 0 N–H and O–H groups in total. The summed E-state index contributed by atoms with van der Waals surface area (Å²) >= 11 is 0. The van der Waals surface area contributed by atoms with E-state index in [0.717, 1.165) is 88.6 Å². The first-order valence-corrected chi connectivity index (χ1v) is 28.9. The van der Waals surface area contributed by atoms with E-state index in [9.17, 15) is 0 Å². The molecule has 8 aromatic rings. The van der Waals surface area contributed by atoms with E-state index >= 15 is 0 Å². The lowest BCUT2D eigenvalue weighted by atomic mass is 9.62. The van der Waals surface area contributed by atoms with Crippen LogP contribution in [0.4, 0.5) is 22.7 Å². The van der Waals surface area contributed by atoms with E-state index in [0.29, 0.717) is 91.0 Å². The van der Waals surface area contributed by atoms with Crippen LogP contribution < -0.4 is 40.8 Å². The summed E-state index contributed by atoms with van der Waals surface area (Å²) in [5.74, 6) is 4.99. The molecule has 0 spiro atoms. The van der Waals surface area contributed by atoms with Gasteiger partial charge in [0.1, 0.15) is 46.0 Å². The molecule has 4 aliphatic rings. The van der Waals surface area contributed by atoms with Gasteiger partial charge in [0.15, 0.2) is 22.7 Å². The van der Waals surface area contributed by atoms with Crippen LogP contribution in [0.5, 0.6) is 46.0 Å². The second-order valence-corrected chi connectivity index (χ2v) is 22.6. The molecular weight excluding hydrogens is 1090 g/mol. The predicted molar refractivity (Wildman–Crippen MR) is 358 cm³/mol. The third kappa shape index (κ3) is 13.6. The molecule has 0 radical (unpaired) electrons. The van der Waals surface area contributed by atoms with Crippen LogP contribution in [0.15, 0.2) is 97.1 Å². The van der Waals surface area contributed by atoms with Crippen LogP contribution in [0.3, 0.4) is 0 Å². The van der Waals surface area contributed by atoms with Gasteiger partial charge in [-0.1, -0.05) is 45.5 Å². The van der Waals surface area contributed by atoms with Gasteiger partial charge in [0.2, 0.25) is 0 Å². The van der Waals surface area contributed by atoms with Crippen molar-refractivity contribution < 1.29 is 48.5 Å². The SMILES string of the molecule is [2H]C1([2H])OB(C)c2c(C)cc(Oc3cc(C)c([N+]#[C-])c(C)c3)cc21.[2H]C1([2H])OB(C)c2cc(C)c(Oc3cc(C)c([N+]#[C-])c(C)c3)cc21.[2H]C1([2H])OB(C)c2ccc(Oc3cc(C)c([N+]#[C-])c(C)c3)c(C)c21.[2H]C1([2H])OB(C)c2ccc(Oc3cc(C)c([N+]#[C-])cc3C)c(C)c21. The number of nitrogens with zero attached hydrogens (tertiary/aromatic N) is 4. The molecule has 0 aromatic heterocycles. The van der Waals surface area contributed by atoms with Crippen molar-refractivity contribution in [3.05, 3.63) is 232 Å². The van der Waals surface area contributed by atoms with E-state index < -0.39 is 26.2 Å². The third-order valence-electron chi connectivity index (χ3n) is 15.9. The molecule has 4 aliphatic heterocycles. The Kier molecular flexibility index (Phi) is 16.3. The van der Waals surface area contributed by atoms with E-state index in [4.69, 9.17) is 74.8 Å². The average molecular weight is 1170 g/mol. The zero-order chi connectivity index (χ0) is 70.6. The number of aryl methyl sites for hydroxylation is 10. The largest absolute Gasteiger partial charge is 0.457 e. The predicted octanol–water partition coefficient (Wildman–Crippen LogP) is 17.3. The zero-order valence-corrected chi connectivity index (χ0v) is 52.6. The second-order valence-electron chi connectivity index (χ2n) is 22.6. The fourth-order valence-corrected chi connectivity index (χ4v) is 11.1. The highest BCUT2D eigenvalue weighted by atomic mass is 16.5. The van der Waals surface area contributed by atoms with Crippen molar-refractivity contribution in [1.29, 1.82) is 0 Å². The molecule has 0 fully saturated rings. The van der Waals surface area contributed by atoms with E-state index in [1.807, 2.05) is 195 Å². The van der Waals surface area contributed by atoms with Crippen molar-refractivity contribution in [3.8, 4) is 46.0 Å². The maximum absolute atomic E-state index is 8.10. The Morgan fingerprint density at radius 3 is 1.23 bits per heavy atom. The molecule has 440 valence electrons. The van der Waals surface area contributed by atoms with Gasteiger partial charge in [0.25, 0.3) is 0 Å². The Morgan fingerprint density at radius 1 is 0.352 bits per heavy atom. The molecule has 16 heteroatoms. The monoisotopic (exact) mass is 1170 g/mol. The first-order valence-electron chi connectivity index (χ1n) is 32.9. The lowest BCUT2D eigenvalue weighted by Crippen LogP contribution is -2.26. The van der Waals surface area contributed by atoms with Crippen molar-refractivity contribution in [2.45, 2.75) is 137 Å². The normalized spacial score (nSPS) is 16.6. The standard InChI is InChI=1S/4C18H18BNO2/c1-11-8-16-14(10-21-19(16)4)9-17(11)22-15-6-12(2)18(20-5)13(3)7-15;1-11-6-16(9-14-10-21-19(4)17(11)14)22-15-7-12(2)18(20-5)13(3)8-15;1-11-9-18(12(2)8-16(11)20-5)22-17-7-6-15-14(13(17)3)10-21-19(15)4;1-11-8-14(9-12(2)18(11)20-5)22-17-7-6-16-15(13(17)3)10-21-19(16)4/h4*6-9H,10H2,1-4H3/i4*10D2. The topological polar surface area (TPSA) is 91.3 Å². The van der Waals surface area contributed by atoms with Crippen molar-refractivity contribution >= 4 is 72.3 Å². The molecule has 0 saturated heterocycles. The maximum Gasteiger partial charge on any atom is 0.324 e. The van der Waals surface area contributed by atoms with Gasteiger partial charge in [-0.15, -0.1) is 0 Å². The Labute approximate surface area is 533 Å². The van der Waals surface area contributed by atoms with Crippen molar-refractivity contribution in [1.82, 2.24) is 0 Å². The molecule has 12 nitrogen and oxygen atoms in total. The van der Waals surface area contributed by atoms with Gasteiger partial charge in [0.05, 0.1) is 63.5 Å². The molecule has 0 amide bonds. The number of benzene rings is 8. The van der Waals surface area contributed by atoms with Crippen molar-refractivity contribution in [3.63, 3.8) is 0 Å². The molecule has 0 saturated carbocycles. The quantitative estimate of drug-likeness (QED) is 0.110. The highest BCUT2D eigenvalue weighted by molar-refractivity contribution is 6.69. The van der Waals surface area contributed by atoms with E-state index in [1.165, 1.54) is 0 Å². The lowest BCUT2D eigenvalue weighted by molar-refractivity contribution is 0.332. The summed E-state index contributed by atoms with van der Waals surface area (Å²) in [5, 5.41) is 0. The van der Waals surface area contributed by atoms with Gasteiger partial charge in [-0.3, -0.25) is 0 Å². The molecule has 12 rings (SSSR count). The Morgan fingerprint density at radius 2 is 0.739 bits per heavy atom. The van der Waals surface area contributed by atoms with Crippen molar-refractivity contribution in [2.24, 2.45) is 0 Å². The van der Waals surface area contributed by atoms with Gasteiger partial charge in [-0.25, -0.2) is 19.4 Å². The van der Waals surface area contributed by atoms with E-state index in [-0.39, 0.29) is 27.7 Å². The summed E-state index contributed by atoms with van der Waals surface area (Å²) < 4.78 is 110. The second kappa shape index (κ2) is 27.0. The van der Waals surface area contributed by atoms with Crippen LogP contribution in [0.1, 0.15) is 100.0 Å². The minimum atomic E-state index is -1.81. The zero-order valence-electron chi connectivity index (χ0n) is 60.6. The fourth-order valence-electron chi connectivity index (χ4n) is 11.1. The lowest BCUT2D eigenvalue weighted by Gasteiger charge is -2.15. The van der Waals surface area contributed by atoms with E-state index in [1.54, 1.807) is 12.1 Å². The van der Waals surface area contributed by atoms with Crippen LogP contribution in [0.25, 0.3) is 19.4 Å². The van der Waals surface area contributed by atoms with Gasteiger partial charge >= 0.3 is 27.7 Å². The van der Waals surface area contributed by atoms with Crippen LogP contribution in [0, 0.1) is 109 Å². The molecule has 4 heterocycles. The Bertz CT molecular complexity index is 4520. The van der Waals surface area contributed by atoms with Crippen LogP contribution in [-0.4, -0.2) is 27.7 Å².